The van der Waals surface area contributed by atoms with Crippen molar-refractivity contribution in [2.45, 2.75) is 0 Å². The van der Waals surface area contributed by atoms with Crippen molar-refractivity contribution < 1.29 is 0 Å². The molecule has 0 fully saturated rings. The van der Waals surface area contributed by atoms with E-state index in [4.69, 9.17) is 15.0 Å². The molecule has 0 aliphatic carbocycles. The van der Waals surface area contributed by atoms with Gasteiger partial charge >= 0.3 is 0 Å². The first kappa shape index (κ1) is 31.1. The van der Waals surface area contributed by atoms with Crippen molar-refractivity contribution in [3.05, 3.63) is 194 Å². The highest BCUT2D eigenvalue weighted by molar-refractivity contribution is 6.22. The van der Waals surface area contributed by atoms with E-state index in [9.17, 15) is 0 Å². The second-order valence-electron chi connectivity index (χ2n) is 14.1. The Labute approximate surface area is 317 Å². The van der Waals surface area contributed by atoms with Crippen molar-refractivity contribution in [1.82, 2.24) is 19.5 Å². The van der Waals surface area contributed by atoms with Gasteiger partial charge in [-0.1, -0.05) is 164 Å². The monoisotopic (exact) mass is 700 g/mol. The second-order valence-corrected chi connectivity index (χ2v) is 14.1. The summed E-state index contributed by atoms with van der Waals surface area (Å²) in [5, 5.41) is 10.0. The SMILES string of the molecule is c1ccc(-c2nc(-c3ccccc3)nc(-c3ccc(-c4ccc5c(ccc6c5c5ccccc5n6-c5ccc6c(ccc7ccccc76)c5)c4)cc3)n2)cc1. The van der Waals surface area contributed by atoms with Gasteiger partial charge in [-0.15, -0.1) is 0 Å². The van der Waals surface area contributed by atoms with E-state index in [1.807, 2.05) is 60.7 Å². The highest BCUT2D eigenvalue weighted by Crippen LogP contribution is 2.39. The molecule has 4 nitrogen and oxygen atoms in total. The molecule has 9 aromatic carbocycles. The minimum atomic E-state index is 0.649. The molecule has 55 heavy (non-hydrogen) atoms. The summed E-state index contributed by atoms with van der Waals surface area (Å²) in [6.45, 7) is 0. The normalized spacial score (nSPS) is 11.6. The van der Waals surface area contributed by atoms with Gasteiger partial charge in [0.05, 0.1) is 11.0 Å². The maximum atomic E-state index is 4.92. The lowest BCUT2D eigenvalue weighted by molar-refractivity contribution is 1.07. The maximum Gasteiger partial charge on any atom is 0.164 e. The zero-order chi connectivity index (χ0) is 36.3. The fourth-order valence-corrected chi connectivity index (χ4v) is 8.14. The Balaban J connectivity index is 0.988. The van der Waals surface area contributed by atoms with E-state index < -0.39 is 0 Å². The van der Waals surface area contributed by atoms with Gasteiger partial charge in [-0.05, 0) is 73.8 Å². The van der Waals surface area contributed by atoms with Crippen LogP contribution >= 0.6 is 0 Å². The summed E-state index contributed by atoms with van der Waals surface area (Å²) in [4.78, 5) is 14.7. The minimum absolute atomic E-state index is 0.649. The van der Waals surface area contributed by atoms with Gasteiger partial charge in [-0.3, -0.25) is 0 Å². The summed E-state index contributed by atoms with van der Waals surface area (Å²) in [5.41, 5.74) is 8.72. The number of benzene rings is 9. The highest BCUT2D eigenvalue weighted by Gasteiger charge is 2.17. The van der Waals surface area contributed by atoms with E-state index >= 15 is 0 Å². The Bertz CT molecular complexity index is 3180. The quantitative estimate of drug-likeness (QED) is 0.168. The first-order valence-electron chi connectivity index (χ1n) is 18.6. The smallest absolute Gasteiger partial charge is 0.164 e. The van der Waals surface area contributed by atoms with Gasteiger partial charge < -0.3 is 4.57 Å². The fraction of sp³-hybridized carbons (Fsp3) is 0. The van der Waals surface area contributed by atoms with E-state index in [1.54, 1.807) is 0 Å². The van der Waals surface area contributed by atoms with Crippen LogP contribution in [0.3, 0.4) is 0 Å². The molecule has 0 saturated heterocycles. The number of fused-ring (bicyclic) bond motifs is 8. The zero-order valence-electron chi connectivity index (χ0n) is 29.8. The summed E-state index contributed by atoms with van der Waals surface area (Å²) in [7, 11) is 0. The van der Waals surface area contributed by atoms with Crippen LogP contribution in [-0.2, 0) is 0 Å². The molecule has 0 unspecified atom stereocenters. The summed E-state index contributed by atoms with van der Waals surface area (Å²) in [5.74, 6) is 1.96. The predicted octanol–water partition coefficient (Wildman–Crippen LogP) is 13.1. The molecule has 2 heterocycles. The van der Waals surface area contributed by atoms with Crippen molar-refractivity contribution in [2.24, 2.45) is 0 Å². The lowest BCUT2D eigenvalue weighted by Crippen LogP contribution is -2.00. The first-order valence-corrected chi connectivity index (χ1v) is 18.6. The average Bonchev–Trinajstić information content (AvgIpc) is 3.61. The predicted molar refractivity (Wildman–Crippen MR) is 228 cm³/mol. The van der Waals surface area contributed by atoms with Crippen molar-refractivity contribution in [2.75, 3.05) is 0 Å². The number of hydrogen-bond acceptors (Lipinski definition) is 3. The Kier molecular flexibility index (Phi) is 7.14. The molecule has 0 aliphatic rings. The van der Waals surface area contributed by atoms with Gasteiger partial charge in [0.15, 0.2) is 17.5 Å². The van der Waals surface area contributed by atoms with Crippen molar-refractivity contribution in [3.63, 3.8) is 0 Å². The summed E-state index contributed by atoms with van der Waals surface area (Å²) in [6, 6.07) is 68.8. The molecular formula is C51H32N4. The molecule has 0 saturated carbocycles. The van der Waals surface area contributed by atoms with Crippen molar-refractivity contribution >= 4 is 54.1 Å². The van der Waals surface area contributed by atoms with Crippen LogP contribution in [0.1, 0.15) is 0 Å². The number of para-hydroxylation sites is 1. The van der Waals surface area contributed by atoms with E-state index in [2.05, 4.69) is 138 Å². The molecular weight excluding hydrogens is 669 g/mol. The molecule has 0 aliphatic heterocycles. The van der Waals surface area contributed by atoms with Crippen LogP contribution in [0.25, 0.3) is 105 Å². The minimum Gasteiger partial charge on any atom is -0.309 e. The Morgan fingerprint density at radius 3 is 1.53 bits per heavy atom. The van der Waals surface area contributed by atoms with Crippen LogP contribution in [0.5, 0.6) is 0 Å². The van der Waals surface area contributed by atoms with Crippen LogP contribution in [0, 0.1) is 0 Å². The van der Waals surface area contributed by atoms with Crippen LogP contribution < -0.4 is 0 Å². The molecule has 0 bridgehead atoms. The third-order valence-corrected chi connectivity index (χ3v) is 10.8. The number of nitrogens with zero attached hydrogens (tertiary/aromatic N) is 4. The molecule has 0 N–H and O–H groups in total. The van der Waals surface area contributed by atoms with Crippen LogP contribution in [0.4, 0.5) is 0 Å². The van der Waals surface area contributed by atoms with E-state index in [-0.39, 0.29) is 0 Å². The Morgan fingerprint density at radius 1 is 0.291 bits per heavy atom. The molecule has 0 spiro atoms. The number of rotatable bonds is 5. The summed E-state index contributed by atoms with van der Waals surface area (Å²) in [6.07, 6.45) is 0. The van der Waals surface area contributed by atoms with Gasteiger partial charge in [0.25, 0.3) is 0 Å². The van der Waals surface area contributed by atoms with Crippen molar-refractivity contribution in [1.29, 1.82) is 0 Å². The lowest BCUT2D eigenvalue weighted by Gasteiger charge is -2.11. The third kappa shape index (κ3) is 5.26. The first-order chi connectivity index (χ1) is 27.2. The molecule has 256 valence electrons. The number of hydrogen-bond donors (Lipinski definition) is 0. The highest BCUT2D eigenvalue weighted by atomic mass is 15.0. The summed E-state index contributed by atoms with van der Waals surface area (Å²) >= 11 is 0. The molecule has 4 heteroatoms. The van der Waals surface area contributed by atoms with Gasteiger partial charge in [0, 0.05) is 33.2 Å². The zero-order valence-corrected chi connectivity index (χ0v) is 29.8. The largest absolute Gasteiger partial charge is 0.309 e. The third-order valence-electron chi connectivity index (χ3n) is 10.8. The Morgan fingerprint density at radius 2 is 0.800 bits per heavy atom. The van der Waals surface area contributed by atoms with Crippen LogP contribution in [0.2, 0.25) is 0 Å². The van der Waals surface area contributed by atoms with Gasteiger partial charge in [-0.25, -0.2) is 15.0 Å². The topological polar surface area (TPSA) is 43.6 Å². The van der Waals surface area contributed by atoms with Gasteiger partial charge in [-0.2, -0.15) is 0 Å². The van der Waals surface area contributed by atoms with E-state index in [0.717, 1.165) is 33.5 Å². The van der Waals surface area contributed by atoms with Crippen molar-refractivity contribution in [3.8, 4) is 51.0 Å². The standard InChI is InChI=1S/C51H32N4/c1-3-12-35(13-4-1)49-52-50(36-14-5-2-6-15-36)54-51(53-49)37-22-19-33(20-23-37)38-25-28-44-39(31-38)26-30-47-48(44)45-17-9-10-18-46(45)55(47)41-27-29-43-40(32-41)24-21-34-11-7-8-16-42(34)43/h1-32H. The fourth-order valence-electron chi connectivity index (χ4n) is 8.14. The van der Waals surface area contributed by atoms with E-state index in [1.165, 1.54) is 54.1 Å². The number of aromatic nitrogens is 4. The molecule has 2 aromatic heterocycles. The Hall–Kier alpha value is -7.43. The van der Waals surface area contributed by atoms with Gasteiger partial charge in [0.1, 0.15) is 0 Å². The average molecular weight is 701 g/mol. The summed E-state index contributed by atoms with van der Waals surface area (Å²) < 4.78 is 2.42. The molecule has 0 amide bonds. The molecule has 11 rings (SSSR count). The molecule has 0 atom stereocenters. The van der Waals surface area contributed by atoms with Gasteiger partial charge in [0.2, 0.25) is 0 Å². The lowest BCUT2D eigenvalue weighted by atomic mass is 9.97. The van der Waals surface area contributed by atoms with E-state index in [0.29, 0.717) is 17.5 Å². The van der Waals surface area contributed by atoms with Crippen LogP contribution in [0.15, 0.2) is 194 Å². The molecule has 11 aromatic rings. The second kappa shape index (κ2) is 12.6. The maximum absolute atomic E-state index is 4.92. The van der Waals surface area contributed by atoms with Crippen LogP contribution in [-0.4, -0.2) is 19.5 Å². The molecule has 0 radical (unpaired) electrons.